The summed E-state index contributed by atoms with van der Waals surface area (Å²) in [5.74, 6) is -0.308. The van der Waals surface area contributed by atoms with Crippen molar-refractivity contribution in [2.24, 2.45) is 0 Å². The van der Waals surface area contributed by atoms with Crippen LogP contribution in [0.15, 0.2) is 64.0 Å². The molecule has 1 aromatic heterocycles. The third kappa shape index (κ3) is 5.72. The average Bonchev–Trinajstić information content (AvgIpc) is 3.20. The van der Waals surface area contributed by atoms with E-state index in [1.54, 1.807) is 24.3 Å². The van der Waals surface area contributed by atoms with Crippen LogP contribution in [0.4, 0.5) is 5.13 Å². The number of amides is 1. The molecule has 0 unspecified atom stereocenters. The van der Waals surface area contributed by atoms with Crippen LogP contribution in [0.3, 0.4) is 0 Å². The smallest absolute Gasteiger partial charge is 0.243 e. The van der Waals surface area contributed by atoms with Crippen molar-refractivity contribution in [2.75, 3.05) is 18.4 Å². The van der Waals surface area contributed by atoms with Gasteiger partial charge in [-0.2, -0.15) is 4.31 Å². The fourth-order valence-electron chi connectivity index (χ4n) is 2.74. The first kappa shape index (κ1) is 22.5. The normalized spacial score (nSPS) is 11.6. The van der Waals surface area contributed by atoms with Crippen molar-refractivity contribution < 1.29 is 13.2 Å². The van der Waals surface area contributed by atoms with Gasteiger partial charge >= 0.3 is 0 Å². The summed E-state index contributed by atoms with van der Waals surface area (Å²) in [6.07, 6.45) is 0.671. The second kappa shape index (κ2) is 10.3. The van der Waals surface area contributed by atoms with Crippen LogP contribution < -0.4 is 5.32 Å². The van der Waals surface area contributed by atoms with E-state index in [1.807, 2.05) is 37.3 Å². The second-order valence-corrected chi connectivity index (χ2v) is 10.3. The molecule has 158 valence electrons. The molecule has 0 aliphatic heterocycles. The van der Waals surface area contributed by atoms with E-state index >= 15 is 0 Å². The molecule has 0 aliphatic carbocycles. The molecule has 3 rings (SSSR count). The Morgan fingerprint density at radius 1 is 1.07 bits per heavy atom. The molecule has 0 spiro atoms. The zero-order valence-corrected chi connectivity index (χ0v) is 19.5. The van der Waals surface area contributed by atoms with Crippen LogP contribution in [0.2, 0.25) is 0 Å². The van der Waals surface area contributed by atoms with Crippen LogP contribution in [0.25, 0.3) is 10.6 Å². The lowest BCUT2D eigenvalue weighted by Gasteiger charge is -2.21. The van der Waals surface area contributed by atoms with Gasteiger partial charge in [0.05, 0.1) is 4.90 Å². The second-order valence-electron chi connectivity index (χ2n) is 6.43. The molecule has 0 fully saturated rings. The Morgan fingerprint density at radius 2 is 1.77 bits per heavy atom. The highest BCUT2D eigenvalue weighted by Gasteiger charge is 2.24. The number of aromatic nitrogens is 2. The molecule has 1 N–H and O–H groups in total. The minimum absolute atomic E-state index is 0.0238. The number of carbonyl (C=O) groups excluding carboxylic acids is 1. The Balaban J connectivity index is 1.63. The number of rotatable bonds is 9. The zero-order chi connectivity index (χ0) is 21.6. The maximum absolute atomic E-state index is 12.9. The van der Waals surface area contributed by atoms with E-state index in [0.29, 0.717) is 23.1 Å². The predicted molar refractivity (Wildman–Crippen MR) is 122 cm³/mol. The summed E-state index contributed by atoms with van der Waals surface area (Å²) in [5, 5.41) is 11.9. The van der Waals surface area contributed by atoms with E-state index in [9.17, 15) is 13.2 Å². The highest BCUT2D eigenvalue weighted by molar-refractivity contribution is 9.10. The highest BCUT2D eigenvalue weighted by atomic mass is 79.9. The van der Waals surface area contributed by atoms with E-state index in [-0.39, 0.29) is 23.8 Å². The lowest BCUT2D eigenvalue weighted by atomic mass is 10.2. The molecule has 0 atom stereocenters. The number of carbonyl (C=O) groups is 1. The first-order valence-corrected chi connectivity index (χ1v) is 12.4. The first-order chi connectivity index (χ1) is 14.4. The van der Waals surface area contributed by atoms with Gasteiger partial charge in [0.25, 0.3) is 0 Å². The van der Waals surface area contributed by atoms with Crippen molar-refractivity contribution in [2.45, 2.75) is 24.7 Å². The van der Waals surface area contributed by atoms with Crippen molar-refractivity contribution in [1.29, 1.82) is 0 Å². The molecule has 0 bridgehead atoms. The molecule has 1 heterocycles. The Labute approximate surface area is 188 Å². The van der Waals surface area contributed by atoms with Crippen LogP contribution in [0, 0.1) is 0 Å². The summed E-state index contributed by atoms with van der Waals surface area (Å²) in [4.78, 5) is 12.6. The molecule has 0 saturated heterocycles. The summed E-state index contributed by atoms with van der Waals surface area (Å²) >= 11 is 4.58. The number of benzene rings is 2. The predicted octanol–water partition coefficient (Wildman–Crippen LogP) is 4.40. The van der Waals surface area contributed by atoms with Gasteiger partial charge in [-0.15, -0.1) is 10.2 Å². The molecule has 30 heavy (non-hydrogen) atoms. The van der Waals surface area contributed by atoms with Crippen molar-refractivity contribution in [1.82, 2.24) is 14.5 Å². The third-order valence-electron chi connectivity index (χ3n) is 4.20. The molecule has 0 saturated carbocycles. The summed E-state index contributed by atoms with van der Waals surface area (Å²) in [6.45, 7) is 2.32. The van der Waals surface area contributed by atoms with Gasteiger partial charge in [-0.1, -0.05) is 64.5 Å². The van der Waals surface area contributed by atoms with Gasteiger partial charge in [0.1, 0.15) is 5.01 Å². The number of halogens is 1. The highest BCUT2D eigenvalue weighted by Crippen LogP contribution is 2.26. The van der Waals surface area contributed by atoms with Crippen LogP contribution in [-0.4, -0.2) is 41.9 Å². The SMILES string of the molecule is CCCN(CCC(=O)Nc1nnc(-c2ccccc2)s1)S(=O)(=O)c1ccc(Br)cc1. The summed E-state index contributed by atoms with van der Waals surface area (Å²) < 4.78 is 28.0. The largest absolute Gasteiger partial charge is 0.300 e. The Morgan fingerprint density at radius 3 is 2.43 bits per heavy atom. The fraction of sp³-hybridized carbons (Fsp3) is 0.250. The number of sulfonamides is 1. The van der Waals surface area contributed by atoms with Crippen LogP contribution in [0.1, 0.15) is 19.8 Å². The molecule has 2 aromatic carbocycles. The first-order valence-electron chi connectivity index (χ1n) is 9.34. The number of anilines is 1. The van der Waals surface area contributed by atoms with Gasteiger partial charge in [0.15, 0.2) is 0 Å². The molecular weight excluding hydrogens is 488 g/mol. The number of hydrogen-bond acceptors (Lipinski definition) is 6. The summed E-state index contributed by atoms with van der Waals surface area (Å²) in [5.41, 5.74) is 0.921. The van der Waals surface area contributed by atoms with Crippen LogP contribution >= 0.6 is 27.3 Å². The molecule has 0 radical (unpaired) electrons. The standard InChI is InChI=1S/C20H21BrN4O3S2/c1-2-13-25(30(27,28)17-10-8-16(21)9-11-17)14-12-18(26)22-20-24-23-19(29-20)15-6-4-3-5-7-15/h3-11H,2,12-14H2,1H3,(H,22,24,26). The fourth-order valence-corrected chi connectivity index (χ4v) is 5.30. The van der Waals surface area contributed by atoms with Gasteiger partial charge in [-0.3, -0.25) is 4.79 Å². The van der Waals surface area contributed by atoms with E-state index in [0.717, 1.165) is 10.0 Å². The van der Waals surface area contributed by atoms with Gasteiger partial charge in [0, 0.05) is 29.5 Å². The quantitative estimate of drug-likeness (QED) is 0.462. The number of hydrogen-bond donors (Lipinski definition) is 1. The number of nitrogens with zero attached hydrogens (tertiary/aromatic N) is 3. The molecular formula is C20H21BrN4O3S2. The average molecular weight is 509 g/mol. The van der Waals surface area contributed by atoms with E-state index in [2.05, 4.69) is 31.4 Å². The molecule has 3 aromatic rings. The monoisotopic (exact) mass is 508 g/mol. The molecule has 1 amide bonds. The minimum Gasteiger partial charge on any atom is -0.300 e. The third-order valence-corrected chi connectivity index (χ3v) is 7.53. The molecule has 0 aliphatic rings. The van der Waals surface area contributed by atoms with Crippen molar-refractivity contribution in [3.63, 3.8) is 0 Å². The maximum atomic E-state index is 12.9. The Hall–Kier alpha value is -2.14. The molecule has 7 nitrogen and oxygen atoms in total. The van der Waals surface area contributed by atoms with Gasteiger partial charge in [0.2, 0.25) is 21.1 Å². The summed E-state index contributed by atoms with van der Waals surface area (Å²) in [6, 6.07) is 16.0. The van der Waals surface area contributed by atoms with Crippen LogP contribution in [-0.2, 0) is 14.8 Å². The lowest BCUT2D eigenvalue weighted by Crippen LogP contribution is -2.34. The van der Waals surface area contributed by atoms with E-state index < -0.39 is 10.0 Å². The van der Waals surface area contributed by atoms with E-state index in [4.69, 9.17) is 0 Å². The zero-order valence-electron chi connectivity index (χ0n) is 16.3. The Kier molecular flexibility index (Phi) is 7.70. The minimum atomic E-state index is -3.67. The van der Waals surface area contributed by atoms with Gasteiger partial charge < -0.3 is 5.32 Å². The van der Waals surface area contributed by atoms with Crippen molar-refractivity contribution >= 4 is 48.3 Å². The molecule has 10 heteroatoms. The topological polar surface area (TPSA) is 92.3 Å². The maximum Gasteiger partial charge on any atom is 0.243 e. The van der Waals surface area contributed by atoms with Crippen molar-refractivity contribution in [3.05, 3.63) is 59.1 Å². The Bertz CT molecular complexity index is 1090. The number of nitrogens with one attached hydrogen (secondary N) is 1. The van der Waals surface area contributed by atoms with Crippen molar-refractivity contribution in [3.8, 4) is 10.6 Å². The van der Waals surface area contributed by atoms with Gasteiger partial charge in [-0.25, -0.2) is 8.42 Å². The van der Waals surface area contributed by atoms with E-state index in [1.165, 1.54) is 15.6 Å². The van der Waals surface area contributed by atoms with Crippen LogP contribution in [0.5, 0.6) is 0 Å². The lowest BCUT2D eigenvalue weighted by molar-refractivity contribution is -0.116. The summed E-state index contributed by atoms with van der Waals surface area (Å²) in [7, 11) is -3.67. The van der Waals surface area contributed by atoms with Gasteiger partial charge in [-0.05, 0) is 30.7 Å².